The summed E-state index contributed by atoms with van der Waals surface area (Å²) in [5.74, 6) is 0. The molecule has 1 aromatic heterocycles. The van der Waals surface area contributed by atoms with Crippen LogP contribution in [0.3, 0.4) is 0 Å². The Hall–Kier alpha value is -2.18. The average Bonchev–Trinajstić information content (AvgIpc) is 2.82. The van der Waals surface area contributed by atoms with E-state index < -0.39 is 0 Å². The molecule has 1 atom stereocenters. The smallest absolute Gasteiger partial charge is 0.201 e. The van der Waals surface area contributed by atoms with E-state index in [2.05, 4.69) is 57.7 Å². The number of fused-ring (bicyclic) bond motifs is 5. The Balaban J connectivity index is 0.000000569. The number of aryl methyl sites for hydroxylation is 1. The molecule has 1 aliphatic rings. The van der Waals surface area contributed by atoms with Crippen molar-refractivity contribution in [2.75, 3.05) is 0 Å². The van der Waals surface area contributed by atoms with Crippen molar-refractivity contribution < 1.29 is 8.39 Å². The van der Waals surface area contributed by atoms with Gasteiger partial charge in [0.05, 0.1) is 0 Å². The monoisotopic (exact) mass is 352 g/mol. The van der Waals surface area contributed by atoms with Gasteiger partial charge in [-0.25, -0.2) is 0 Å². The molecule has 130 valence electrons. The van der Waals surface area contributed by atoms with Gasteiger partial charge in [-0.3, -0.25) is 0 Å². The molecule has 0 amide bonds. The van der Waals surface area contributed by atoms with Crippen molar-refractivity contribution >= 4 is 48.8 Å². The molecule has 0 N–H and O–H groups in total. The molecule has 2 nitrogen and oxygen atoms in total. The SMILES string of the molecule is C=Cc1c(C)ccc2o[pH]oc3ccc4c(c3c12)=CCCC=4.CCC. The van der Waals surface area contributed by atoms with Gasteiger partial charge in [0.15, 0.2) is 0 Å². The van der Waals surface area contributed by atoms with Crippen LogP contribution < -0.4 is 10.4 Å². The quantitative estimate of drug-likeness (QED) is 0.532. The first-order valence-electron chi connectivity index (χ1n) is 8.89. The highest BCUT2D eigenvalue weighted by Crippen LogP contribution is 2.30. The Kier molecular flexibility index (Phi) is 5.50. The summed E-state index contributed by atoms with van der Waals surface area (Å²) in [4.78, 5) is 0. The fourth-order valence-electron chi connectivity index (χ4n) is 3.24. The third-order valence-corrected chi connectivity index (χ3v) is 4.91. The fourth-order valence-corrected chi connectivity index (χ4v) is 3.80. The van der Waals surface area contributed by atoms with Crippen molar-refractivity contribution in [1.29, 1.82) is 0 Å². The lowest BCUT2D eigenvalue weighted by atomic mass is 9.97. The third kappa shape index (κ3) is 3.32. The highest BCUT2D eigenvalue weighted by Gasteiger charge is 2.10. The highest BCUT2D eigenvalue weighted by atomic mass is 31.1. The van der Waals surface area contributed by atoms with Crippen LogP contribution in [0, 0.1) is 6.92 Å². The van der Waals surface area contributed by atoms with Crippen molar-refractivity contribution in [1.82, 2.24) is 0 Å². The molecule has 25 heavy (non-hydrogen) atoms. The van der Waals surface area contributed by atoms with E-state index in [4.69, 9.17) is 8.39 Å². The van der Waals surface area contributed by atoms with E-state index in [1.807, 2.05) is 12.1 Å². The standard InChI is InChI=1S/C19H17O2P.C3H8/c1-3-14-12(2)8-10-16-18(14)19-15-7-5-4-6-13(15)9-11-17(19)21-22-20-16;1-3-2/h3,6-11,22H,1,4-5H2,2H3;3H2,1-2H3. The lowest BCUT2D eigenvalue weighted by Gasteiger charge is -2.07. The normalized spacial score (nSPS) is 12.8. The van der Waals surface area contributed by atoms with Gasteiger partial charge < -0.3 is 8.39 Å². The second-order valence-electron chi connectivity index (χ2n) is 6.30. The van der Waals surface area contributed by atoms with Crippen molar-refractivity contribution in [3.05, 3.63) is 52.4 Å². The van der Waals surface area contributed by atoms with Gasteiger partial charge >= 0.3 is 0 Å². The van der Waals surface area contributed by atoms with Crippen LogP contribution in [0.2, 0.25) is 0 Å². The molecule has 0 spiro atoms. The van der Waals surface area contributed by atoms with E-state index in [1.54, 1.807) is 0 Å². The van der Waals surface area contributed by atoms with E-state index >= 15 is 0 Å². The van der Waals surface area contributed by atoms with Crippen molar-refractivity contribution in [2.24, 2.45) is 0 Å². The van der Waals surface area contributed by atoms with Gasteiger partial charge in [0.1, 0.15) is 11.2 Å². The second kappa shape index (κ2) is 7.80. The van der Waals surface area contributed by atoms with Crippen LogP contribution in [0.25, 0.3) is 40.2 Å². The summed E-state index contributed by atoms with van der Waals surface area (Å²) in [5, 5.41) is 4.79. The molecule has 0 saturated carbocycles. The minimum absolute atomic E-state index is 0.0218. The van der Waals surface area contributed by atoms with Crippen LogP contribution in [-0.4, -0.2) is 0 Å². The van der Waals surface area contributed by atoms with Crippen molar-refractivity contribution in [2.45, 2.75) is 40.0 Å². The Morgan fingerprint density at radius 2 is 1.64 bits per heavy atom. The first-order valence-corrected chi connectivity index (χ1v) is 9.71. The summed E-state index contributed by atoms with van der Waals surface area (Å²) >= 11 is 0. The minimum Gasteiger partial charge on any atom is -0.421 e. The van der Waals surface area contributed by atoms with Gasteiger partial charge in [-0.15, -0.1) is 0 Å². The first kappa shape index (κ1) is 17.6. The molecule has 0 radical (unpaired) electrons. The van der Waals surface area contributed by atoms with Gasteiger partial charge in [-0.05, 0) is 53.5 Å². The molecular formula is C22H25O2P. The molecule has 1 unspecified atom stereocenters. The molecule has 3 heteroatoms. The summed E-state index contributed by atoms with van der Waals surface area (Å²) < 4.78 is 11.7. The molecule has 1 heterocycles. The molecular weight excluding hydrogens is 327 g/mol. The lowest BCUT2D eigenvalue weighted by Crippen LogP contribution is -2.27. The molecule has 4 rings (SSSR count). The molecule has 0 saturated heterocycles. The number of benzene rings is 2. The topological polar surface area (TPSA) is 26.3 Å². The van der Waals surface area contributed by atoms with Gasteiger partial charge in [-0.2, -0.15) is 0 Å². The zero-order valence-corrected chi connectivity index (χ0v) is 16.2. The summed E-state index contributed by atoms with van der Waals surface area (Å²) in [6.45, 7) is 10.4. The minimum atomic E-state index is -0.0218. The van der Waals surface area contributed by atoms with Crippen molar-refractivity contribution in [3.8, 4) is 0 Å². The maximum Gasteiger partial charge on any atom is 0.201 e. The fraction of sp³-hybridized carbons (Fsp3) is 0.273. The maximum atomic E-state index is 5.87. The Labute approximate surface area is 150 Å². The number of hydrogen-bond acceptors (Lipinski definition) is 2. The Bertz CT molecular complexity index is 1070. The van der Waals surface area contributed by atoms with Gasteiger partial charge in [-0.1, -0.05) is 57.2 Å². The zero-order valence-electron chi connectivity index (χ0n) is 15.2. The largest absolute Gasteiger partial charge is 0.421 e. The van der Waals surface area contributed by atoms with Gasteiger partial charge in [0.25, 0.3) is 0 Å². The molecule has 2 aromatic carbocycles. The third-order valence-electron chi connectivity index (χ3n) is 4.30. The zero-order chi connectivity index (χ0) is 17.8. The molecule has 0 bridgehead atoms. The van der Waals surface area contributed by atoms with E-state index in [-0.39, 0.29) is 8.67 Å². The van der Waals surface area contributed by atoms with Crippen molar-refractivity contribution in [3.63, 3.8) is 0 Å². The predicted molar refractivity (Wildman–Crippen MR) is 111 cm³/mol. The Morgan fingerprint density at radius 3 is 2.36 bits per heavy atom. The van der Waals surface area contributed by atoms with E-state index in [0.29, 0.717) is 0 Å². The maximum absolute atomic E-state index is 5.87. The second-order valence-corrected chi connectivity index (χ2v) is 6.87. The predicted octanol–water partition coefficient (Wildman–Crippen LogP) is 6.06. The van der Waals surface area contributed by atoms with Crippen LogP contribution in [0.1, 0.15) is 44.2 Å². The van der Waals surface area contributed by atoms with Gasteiger partial charge in [0.2, 0.25) is 8.67 Å². The van der Waals surface area contributed by atoms with Crippen LogP contribution in [0.5, 0.6) is 0 Å². The van der Waals surface area contributed by atoms with Crippen LogP contribution >= 0.6 is 8.67 Å². The molecule has 3 aromatic rings. The van der Waals surface area contributed by atoms with Gasteiger partial charge in [0, 0.05) is 10.8 Å². The summed E-state index contributed by atoms with van der Waals surface area (Å²) in [6.07, 6.45) is 9.94. The highest BCUT2D eigenvalue weighted by molar-refractivity contribution is 7.15. The molecule has 1 aliphatic carbocycles. The van der Waals surface area contributed by atoms with Crippen LogP contribution in [0.15, 0.2) is 39.2 Å². The van der Waals surface area contributed by atoms with Crippen LogP contribution in [0.4, 0.5) is 0 Å². The lowest BCUT2D eigenvalue weighted by molar-refractivity contribution is 0.662. The first-order chi connectivity index (χ1) is 12.2. The van der Waals surface area contributed by atoms with E-state index in [0.717, 1.165) is 40.3 Å². The number of hydrogen-bond donors (Lipinski definition) is 0. The summed E-state index contributed by atoms with van der Waals surface area (Å²) in [5.41, 5.74) is 4.10. The summed E-state index contributed by atoms with van der Waals surface area (Å²) in [7, 11) is -0.0218. The van der Waals surface area contributed by atoms with E-state index in [9.17, 15) is 0 Å². The number of rotatable bonds is 1. The molecule has 0 fully saturated rings. The van der Waals surface area contributed by atoms with Crippen LogP contribution in [-0.2, 0) is 0 Å². The summed E-state index contributed by atoms with van der Waals surface area (Å²) in [6, 6.07) is 8.32. The van der Waals surface area contributed by atoms with E-state index in [1.165, 1.54) is 22.4 Å². The molecule has 0 aliphatic heterocycles. The Morgan fingerprint density at radius 1 is 1.00 bits per heavy atom. The average molecular weight is 352 g/mol.